The van der Waals surface area contributed by atoms with Gasteiger partial charge in [0.25, 0.3) is 5.91 Å². The standard InChI is InChI=1S/C12H14ClNO2.C3H5NO2/c1-12(2)8-16-14(11(12)15)7-9-5-3-4-6-10(9)13;5-3-1-2-6-4-3/h3-6H,7-8H2,1-2H3;1-2H2,(H,4,5). The number of hydroxylamine groups is 3. The van der Waals surface area contributed by atoms with Crippen LogP contribution in [0.4, 0.5) is 0 Å². The summed E-state index contributed by atoms with van der Waals surface area (Å²) < 4.78 is 0. The average molecular weight is 327 g/mol. The average Bonchev–Trinajstić information content (AvgIpc) is 3.04. The van der Waals surface area contributed by atoms with E-state index in [1.165, 1.54) is 5.06 Å². The Hall–Kier alpha value is -1.63. The van der Waals surface area contributed by atoms with E-state index in [9.17, 15) is 9.59 Å². The highest BCUT2D eigenvalue weighted by molar-refractivity contribution is 6.31. The number of carbonyl (C=O) groups excluding carboxylic acids is 2. The topological polar surface area (TPSA) is 67.9 Å². The monoisotopic (exact) mass is 326 g/mol. The molecule has 0 bridgehead atoms. The van der Waals surface area contributed by atoms with Crippen LogP contribution in [0.1, 0.15) is 25.8 Å². The van der Waals surface area contributed by atoms with E-state index >= 15 is 0 Å². The highest BCUT2D eigenvalue weighted by Gasteiger charge is 2.40. The molecule has 0 aromatic heterocycles. The third-order valence-corrected chi connectivity index (χ3v) is 3.64. The Morgan fingerprint density at radius 2 is 2.05 bits per heavy atom. The van der Waals surface area contributed by atoms with Gasteiger partial charge in [-0.05, 0) is 25.5 Å². The molecule has 1 aromatic rings. The van der Waals surface area contributed by atoms with Crippen molar-refractivity contribution in [2.45, 2.75) is 26.8 Å². The summed E-state index contributed by atoms with van der Waals surface area (Å²) in [6.45, 7) is 5.11. The molecule has 22 heavy (non-hydrogen) atoms. The molecule has 2 aliphatic rings. The fourth-order valence-electron chi connectivity index (χ4n) is 1.92. The van der Waals surface area contributed by atoms with Gasteiger partial charge < -0.3 is 0 Å². The first-order valence-corrected chi connectivity index (χ1v) is 7.37. The molecule has 7 heteroatoms. The second kappa shape index (κ2) is 7.09. The van der Waals surface area contributed by atoms with Crippen molar-refractivity contribution in [2.75, 3.05) is 13.2 Å². The van der Waals surface area contributed by atoms with Gasteiger partial charge in [0.2, 0.25) is 5.91 Å². The van der Waals surface area contributed by atoms with Gasteiger partial charge in [-0.15, -0.1) is 0 Å². The zero-order chi connectivity index (χ0) is 16.2. The molecule has 3 rings (SSSR count). The summed E-state index contributed by atoms with van der Waals surface area (Å²) in [7, 11) is 0. The number of rotatable bonds is 2. The number of carbonyl (C=O) groups is 2. The van der Waals surface area contributed by atoms with Gasteiger partial charge in [0, 0.05) is 5.02 Å². The van der Waals surface area contributed by atoms with Crippen molar-refractivity contribution in [3.8, 4) is 0 Å². The van der Waals surface area contributed by atoms with E-state index in [1.807, 2.05) is 38.1 Å². The van der Waals surface area contributed by atoms with Gasteiger partial charge in [0.15, 0.2) is 0 Å². The molecular formula is C15H19ClN2O4. The lowest BCUT2D eigenvalue weighted by atomic mass is 9.95. The molecule has 2 aliphatic heterocycles. The van der Waals surface area contributed by atoms with E-state index in [1.54, 1.807) is 0 Å². The summed E-state index contributed by atoms with van der Waals surface area (Å²) in [5, 5.41) is 2.05. The lowest BCUT2D eigenvalue weighted by molar-refractivity contribution is -0.165. The normalized spacial score (nSPS) is 19.7. The molecular weight excluding hydrogens is 308 g/mol. The van der Waals surface area contributed by atoms with Crippen LogP contribution in [-0.4, -0.2) is 30.1 Å². The second-order valence-electron chi connectivity index (χ2n) is 5.71. The van der Waals surface area contributed by atoms with E-state index in [4.69, 9.17) is 16.4 Å². The Labute approximate surface area is 134 Å². The quantitative estimate of drug-likeness (QED) is 0.903. The largest absolute Gasteiger partial charge is 0.273 e. The third kappa shape index (κ3) is 4.19. The van der Waals surface area contributed by atoms with E-state index in [2.05, 4.69) is 10.3 Å². The Balaban J connectivity index is 0.000000246. The maximum Gasteiger partial charge on any atom is 0.254 e. The Morgan fingerprint density at radius 1 is 1.32 bits per heavy atom. The molecule has 0 spiro atoms. The zero-order valence-corrected chi connectivity index (χ0v) is 13.4. The summed E-state index contributed by atoms with van der Waals surface area (Å²) in [5.74, 6) is -0.0116. The van der Waals surface area contributed by atoms with Crippen LogP contribution in [0.2, 0.25) is 5.02 Å². The summed E-state index contributed by atoms with van der Waals surface area (Å²) in [6, 6.07) is 7.46. The van der Waals surface area contributed by atoms with E-state index in [-0.39, 0.29) is 11.8 Å². The van der Waals surface area contributed by atoms with Gasteiger partial charge in [-0.1, -0.05) is 29.8 Å². The van der Waals surface area contributed by atoms with Crippen molar-refractivity contribution in [1.29, 1.82) is 0 Å². The van der Waals surface area contributed by atoms with Crippen LogP contribution in [0, 0.1) is 5.41 Å². The smallest absolute Gasteiger partial charge is 0.254 e. The molecule has 1 N–H and O–H groups in total. The van der Waals surface area contributed by atoms with Crippen LogP contribution in [0.15, 0.2) is 24.3 Å². The number of nitrogens with zero attached hydrogens (tertiary/aromatic N) is 1. The van der Waals surface area contributed by atoms with Gasteiger partial charge in [0.1, 0.15) is 0 Å². The highest BCUT2D eigenvalue weighted by atomic mass is 35.5. The fraction of sp³-hybridized carbons (Fsp3) is 0.467. The number of hydrogen-bond donors (Lipinski definition) is 1. The lowest BCUT2D eigenvalue weighted by Crippen LogP contribution is -2.30. The molecule has 0 aliphatic carbocycles. The Morgan fingerprint density at radius 3 is 2.50 bits per heavy atom. The van der Waals surface area contributed by atoms with E-state index < -0.39 is 5.41 Å². The molecule has 2 saturated heterocycles. The number of nitrogens with one attached hydrogen (secondary N) is 1. The van der Waals surface area contributed by atoms with Gasteiger partial charge in [-0.3, -0.25) is 19.3 Å². The van der Waals surface area contributed by atoms with Crippen molar-refractivity contribution in [2.24, 2.45) is 5.41 Å². The van der Waals surface area contributed by atoms with Gasteiger partial charge in [0.05, 0.1) is 31.6 Å². The lowest BCUT2D eigenvalue weighted by Gasteiger charge is -2.16. The van der Waals surface area contributed by atoms with Gasteiger partial charge in [-0.25, -0.2) is 10.5 Å². The van der Waals surface area contributed by atoms with Crippen LogP contribution in [0.3, 0.4) is 0 Å². The van der Waals surface area contributed by atoms with E-state index in [0.29, 0.717) is 31.2 Å². The summed E-state index contributed by atoms with van der Waals surface area (Å²) in [6.07, 6.45) is 0.514. The highest BCUT2D eigenvalue weighted by Crippen LogP contribution is 2.29. The van der Waals surface area contributed by atoms with Crippen LogP contribution < -0.4 is 5.48 Å². The summed E-state index contributed by atoms with van der Waals surface area (Å²) in [5.41, 5.74) is 2.65. The van der Waals surface area contributed by atoms with Crippen LogP contribution in [0.5, 0.6) is 0 Å². The summed E-state index contributed by atoms with van der Waals surface area (Å²) >= 11 is 6.03. The second-order valence-corrected chi connectivity index (χ2v) is 6.12. The van der Waals surface area contributed by atoms with Crippen LogP contribution in [-0.2, 0) is 25.8 Å². The molecule has 0 atom stereocenters. The SMILES string of the molecule is CC1(C)CON(Cc2ccccc2Cl)C1=O.O=C1CCON1. The van der Waals surface area contributed by atoms with Crippen molar-refractivity contribution >= 4 is 23.4 Å². The van der Waals surface area contributed by atoms with Crippen molar-refractivity contribution in [3.05, 3.63) is 34.9 Å². The molecule has 0 unspecified atom stereocenters. The van der Waals surface area contributed by atoms with E-state index in [0.717, 1.165) is 5.56 Å². The first-order valence-electron chi connectivity index (χ1n) is 6.99. The van der Waals surface area contributed by atoms with Crippen molar-refractivity contribution in [3.63, 3.8) is 0 Å². The van der Waals surface area contributed by atoms with Gasteiger partial charge >= 0.3 is 0 Å². The van der Waals surface area contributed by atoms with Crippen LogP contribution >= 0.6 is 11.6 Å². The van der Waals surface area contributed by atoms with Crippen molar-refractivity contribution in [1.82, 2.24) is 10.5 Å². The predicted octanol–water partition coefficient (Wildman–Crippen LogP) is 2.08. The van der Waals surface area contributed by atoms with Gasteiger partial charge in [-0.2, -0.15) is 0 Å². The minimum absolute atomic E-state index is 0.00687. The predicted molar refractivity (Wildman–Crippen MR) is 80.4 cm³/mol. The minimum atomic E-state index is -0.429. The molecule has 2 amide bonds. The molecule has 1 aromatic carbocycles. The summed E-state index contributed by atoms with van der Waals surface area (Å²) in [4.78, 5) is 31.7. The zero-order valence-electron chi connectivity index (χ0n) is 12.6. The first kappa shape index (κ1) is 16.7. The maximum absolute atomic E-state index is 11.9. The number of hydrogen-bond acceptors (Lipinski definition) is 4. The van der Waals surface area contributed by atoms with Crippen LogP contribution in [0.25, 0.3) is 0 Å². The first-order chi connectivity index (χ1) is 10.4. The Bertz CT molecular complexity index is 554. The Kier molecular flexibility index (Phi) is 5.39. The number of benzene rings is 1. The maximum atomic E-state index is 11.9. The molecule has 0 saturated carbocycles. The molecule has 2 heterocycles. The molecule has 0 radical (unpaired) electrons. The van der Waals surface area contributed by atoms with Crippen molar-refractivity contribution < 1.29 is 19.3 Å². The number of halogens is 1. The minimum Gasteiger partial charge on any atom is -0.273 e. The third-order valence-electron chi connectivity index (χ3n) is 3.28. The molecule has 2 fully saturated rings. The molecule has 6 nitrogen and oxygen atoms in total. The fourth-order valence-corrected chi connectivity index (χ4v) is 2.12. The molecule has 120 valence electrons. The number of amides is 2.